The monoisotopic (exact) mass is 253 g/mol. The molecule has 0 spiro atoms. The van der Waals surface area contributed by atoms with Crippen LogP contribution < -0.4 is 11.3 Å². The van der Waals surface area contributed by atoms with Gasteiger partial charge in [0.05, 0.1) is 15.1 Å². The number of nitro groups is 1. The number of anilines is 1. The number of nitrogen functional groups attached to an aromatic ring is 1. The lowest BCUT2D eigenvalue weighted by atomic mass is 10.3. The van der Waals surface area contributed by atoms with Crippen LogP contribution in [0, 0.1) is 10.1 Å². The van der Waals surface area contributed by atoms with Gasteiger partial charge in [-0.3, -0.25) is 14.9 Å². The third-order valence-corrected chi connectivity index (χ3v) is 3.45. The molecule has 0 aliphatic rings. The topological polar surface area (TPSA) is 91.2 Å². The summed E-state index contributed by atoms with van der Waals surface area (Å²) in [7, 11) is 0. The van der Waals surface area contributed by atoms with Crippen LogP contribution in [0.15, 0.2) is 16.2 Å². The fraction of sp³-hybridized carbons (Fsp3) is 0.300. The van der Waals surface area contributed by atoms with Crippen molar-refractivity contribution in [2.24, 2.45) is 0 Å². The zero-order valence-electron chi connectivity index (χ0n) is 9.17. The fourth-order valence-electron chi connectivity index (χ4n) is 1.80. The molecule has 2 rings (SSSR count). The Balaban J connectivity index is 2.92. The number of aryl methyl sites for hydroxylation is 1. The maximum Gasteiger partial charge on any atom is 0.358 e. The van der Waals surface area contributed by atoms with Crippen molar-refractivity contribution in [3.8, 4) is 0 Å². The van der Waals surface area contributed by atoms with E-state index in [9.17, 15) is 14.9 Å². The Morgan fingerprint density at radius 3 is 2.88 bits per heavy atom. The number of nitrogens with two attached hydrogens (primary N) is 1. The van der Waals surface area contributed by atoms with Gasteiger partial charge in [0, 0.05) is 6.54 Å². The first kappa shape index (κ1) is 11.6. The molecule has 7 heteroatoms. The molecule has 90 valence electrons. The van der Waals surface area contributed by atoms with Gasteiger partial charge in [0.1, 0.15) is 5.69 Å². The summed E-state index contributed by atoms with van der Waals surface area (Å²) in [6, 6.07) is 1.76. The van der Waals surface area contributed by atoms with Gasteiger partial charge in [-0.05, 0) is 17.9 Å². The van der Waals surface area contributed by atoms with Gasteiger partial charge < -0.3 is 10.3 Å². The van der Waals surface area contributed by atoms with E-state index in [2.05, 4.69) is 0 Å². The van der Waals surface area contributed by atoms with Crippen molar-refractivity contribution in [2.45, 2.75) is 19.9 Å². The van der Waals surface area contributed by atoms with Crippen molar-refractivity contribution >= 4 is 32.9 Å². The molecule has 17 heavy (non-hydrogen) atoms. The van der Waals surface area contributed by atoms with E-state index < -0.39 is 16.2 Å². The molecule has 0 saturated heterocycles. The molecule has 0 radical (unpaired) electrons. The van der Waals surface area contributed by atoms with Crippen molar-refractivity contribution in [1.82, 2.24) is 4.57 Å². The molecule has 0 amide bonds. The second-order valence-corrected chi connectivity index (χ2v) is 4.53. The second-order valence-electron chi connectivity index (χ2n) is 3.61. The lowest BCUT2D eigenvalue weighted by molar-refractivity contribution is -0.385. The zero-order chi connectivity index (χ0) is 12.6. The van der Waals surface area contributed by atoms with E-state index >= 15 is 0 Å². The molecular formula is C10H11N3O3S. The van der Waals surface area contributed by atoms with Gasteiger partial charge in [0.15, 0.2) is 0 Å². The Hall–Kier alpha value is -1.89. The van der Waals surface area contributed by atoms with Gasteiger partial charge in [-0.25, -0.2) is 0 Å². The summed E-state index contributed by atoms with van der Waals surface area (Å²) >= 11 is 1.31. The fourth-order valence-corrected chi connectivity index (χ4v) is 2.65. The molecule has 6 nitrogen and oxygen atoms in total. The summed E-state index contributed by atoms with van der Waals surface area (Å²) in [6.07, 6.45) is 0.728. The average molecular weight is 253 g/mol. The number of hydrogen-bond donors (Lipinski definition) is 1. The number of hydrogen-bond acceptors (Lipinski definition) is 5. The number of fused-ring (bicyclic) bond motifs is 1. The van der Waals surface area contributed by atoms with Gasteiger partial charge in [-0.15, -0.1) is 11.3 Å². The van der Waals surface area contributed by atoms with E-state index in [4.69, 9.17) is 5.73 Å². The van der Waals surface area contributed by atoms with Crippen LogP contribution in [-0.2, 0) is 6.54 Å². The molecule has 2 aromatic rings. The van der Waals surface area contributed by atoms with Crippen molar-refractivity contribution in [1.29, 1.82) is 0 Å². The summed E-state index contributed by atoms with van der Waals surface area (Å²) < 4.78 is 2.02. The average Bonchev–Trinajstić information content (AvgIpc) is 2.72. The van der Waals surface area contributed by atoms with Crippen molar-refractivity contribution in [3.05, 3.63) is 31.9 Å². The molecule has 0 aromatic carbocycles. The van der Waals surface area contributed by atoms with Crippen LogP contribution in [-0.4, -0.2) is 9.49 Å². The number of rotatable bonds is 3. The van der Waals surface area contributed by atoms with E-state index in [0.717, 1.165) is 6.42 Å². The van der Waals surface area contributed by atoms with Crippen LogP contribution in [0.25, 0.3) is 10.2 Å². The van der Waals surface area contributed by atoms with Crippen LogP contribution >= 0.6 is 11.3 Å². The van der Waals surface area contributed by atoms with E-state index in [1.807, 2.05) is 6.92 Å². The number of thiophene rings is 1. The lowest BCUT2D eigenvalue weighted by Gasteiger charge is -2.07. The summed E-state index contributed by atoms with van der Waals surface area (Å²) in [5, 5.41) is 12.7. The second kappa shape index (κ2) is 4.17. The van der Waals surface area contributed by atoms with Crippen molar-refractivity contribution < 1.29 is 4.92 Å². The maximum atomic E-state index is 12.0. The largest absolute Gasteiger partial charge is 0.392 e. The minimum atomic E-state index is -0.705. The number of nitrogens with zero attached hydrogens (tertiary/aromatic N) is 2. The summed E-state index contributed by atoms with van der Waals surface area (Å²) in [6.45, 7) is 2.36. The van der Waals surface area contributed by atoms with Crippen LogP contribution in [0.1, 0.15) is 13.3 Å². The molecule has 0 atom stereocenters. The number of pyridine rings is 1. The highest BCUT2D eigenvalue weighted by molar-refractivity contribution is 7.17. The first-order chi connectivity index (χ1) is 8.07. The van der Waals surface area contributed by atoms with Gasteiger partial charge in [-0.1, -0.05) is 6.92 Å². The molecule has 0 aliphatic heterocycles. The molecular weight excluding hydrogens is 242 g/mol. The molecule has 0 saturated carbocycles. The van der Waals surface area contributed by atoms with E-state index in [-0.39, 0.29) is 5.69 Å². The van der Waals surface area contributed by atoms with Crippen LogP contribution in [0.2, 0.25) is 0 Å². The number of aromatic nitrogens is 1. The minimum absolute atomic E-state index is 0.0302. The molecule has 2 heterocycles. The smallest absolute Gasteiger partial charge is 0.358 e. The van der Waals surface area contributed by atoms with Crippen LogP contribution in [0.3, 0.4) is 0 Å². The maximum absolute atomic E-state index is 12.0. The molecule has 0 bridgehead atoms. The quantitative estimate of drug-likeness (QED) is 0.668. The predicted octanol–water partition coefficient (Wildman–Crippen LogP) is 1.96. The predicted molar refractivity (Wildman–Crippen MR) is 67.4 cm³/mol. The SMILES string of the molecule is CCCn1c(=O)c([N+](=O)[O-])c(N)c2sccc21. The summed E-state index contributed by atoms with van der Waals surface area (Å²) in [4.78, 5) is 22.2. The van der Waals surface area contributed by atoms with E-state index in [1.165, 1.54) is 15.9 Å². The Labute approximate surface area is 100 Å². The Kier molecular flexibility index (Phi) is 2.84. The molecule has 0 aliphatic carbocycles. The third kappa shape index (κ3) is 1.68. The molecule has 0 fully saturated rings. The van der Waals surface area contributed by atoms with Gasteiger partial charge in [-0.2, -0.15) is 0 Å². The molecule has 2 N–H and O–H groups in total. The third-order valence-electron chi connectivity index (χ3n) is 2.51. The van der Waals surface area contributed by atoms with Crippen LogP contribution in [0.5, 0.6) is 0 Å². The van der Waals surface area contributed by atoms with Gasteiger partial charge in [0.25, 0.3) is 0 Å². The Morgan fingerprint density at radius 1 is 1.59 bits per heavy atom. The summed E-state index contributed by atoms with van der Waals surface area (Å²) in [5.74, 6) is 0. The van der Waals surface area contributed by atoms with Gasteiger partial charge >= 0.3 is 11.2 Å². The van der Waals surface area contributed by atoms with E-state index in [1.54, 1.807) is 11.4 Å². The van der Waals surface area contributed by atoms with Gasteiger partial charge in [0.2, 0.25) is 0 Å². The molecule has 0 unspecified atom stereocenters. The highest BCUT2D eigenvalue weighted by atomic mass is 32.1. The minimum Gasteiger partial charge on any atom is -0.392 e. The first-order valence-corrected chi connectivity index (χ1v) is 5.99. The lowest BCUT2D eigenvalue weighted by Crippen LogP contribution is -2.24. The standard InChI is InChI=1S/C10H11N3O3S/c1-2-4-12-6-3-5-17-9(6)7(11)8(10(12)14)13(15)16/h3,5H,2,4,11H2,1H3. The summed E-state index contributed by atoms with van der Waals surface area (Å²) in [5.41, 5.74) is 5.18. The normalized spacial score (nSPS) is 10.9. The highest BCUT2D eigenvalue weighted by Crippen LogP contribution is 2.31. The molecule has 2 aromatic heterocycles. The van der Waals surface area contributed by atoms with Crippen molar-refractivity contribution in [3.63, 3.8) is 0 Å². The first-order valence-electron chi connectivity index (χ1n) is 5.11. The van der Waals surface area contributed by atoms with E-state index in [0.29, 0.717) is 16.8 Å². The Bertz CT molecular complexity index is 644. The van der Waals surface area contributed by atoms with Crippen LogP contribution in [0.4, 0.5) is 11.4 Å². The van der Waals surface area contributed by atoms with Crippen molar-refractivity contribution in [2.75, 3.05) is 5.73 Å². The Morgan fingerprint density at radius 2 is 2.29 bits per heavy atom. The zero-order valence-corrected chi connectivity index (χ0v) is 9.99. The highest BCUT2D eigenvalue weighted by Gasteiger charge is 2.24.